The number of rotatable bonds is 3. The van der Waals surface area contributed by atoms with Gasteiger partial charge in [-0.05, 0) is 13.8 Å². The molecule has 1 fully saturated rings. The summed E-state index contributed by atoms with van der Waals surface area (Å²) >= 11 is 0. The molecule has 101 valence electrons. The minimum Gasteiger partial charge on any atom is -0.348 e. The Morgan fingerprint density at radius 2 is 2.22 bits per heavy atom. The van der Waals surface area contributed by atoms with Crippen LogP contribution in [0.2, 0.25) is 0 Å². The molecular weight excluding hydrogens is 400 g/mol. The Labute approximate surface area is 123 Å². The number of nitrogens with zero attached hydrogens (tertiary/aromatic N) is 3. The van der Waals surface area contributed by atoms with Crippen LogP contribution in [0.3, 0.4) is 0 Å². The van der Waals surface area contributed by atoms with E-state index in [4.69, 9.17) is 5.26 Å². The Morgan fingerprint density at radius 1 is 1.56 bits per heavy atom. The molecule has 0 aliphatic carbocycles. The largest absolute Gasteiger partial charge is 0.348 e. The molecule has 0 N–H and O–H groups in total. The average Bonchev–Trinajstić information content (AvgIpc) is 2.29. The van der Waals surface area contributed by atoms with E-state index in [2.05, 4.69) is 31.7 Å². The predicted octanol–water partition coefficient (Wildman–Crippen LogP) is 1.21. The molecule has 4 nitrogen and oxygen atoms in total. The number of carbonyl (C=O) groups is 1. The number of carbonyl (C=O) groups excluding carboxylic acids is 1. The van der Waals surface area contributed by atoms with E-state index in [9.17, 15) is 4.79 Å². The third-order valence-electron chi connectivity index (χ3n) is 3.11. The molecule has 0 spiro atoms. The first kappa shape index (κ1) is 17.2. The van der Waals surface area contributed by atoms with Gasteiger partial charge < -0.3 is 4.90 Å². The van der Waals surface area contributed by atoms with Crippen LogP contribution in [-0.4, -0.2) is 47.4 Å². The van der Waals surface area contributed by atoms with Gasteiger partial charge in [0.15, 0.2) is 5.91 Å². The first-order valence-electron chi connectivity index (χ1n) is 5.97. The van der Waals surface area contributed by atoms with Gasteiger partial charge in [-0.3, -0.25) is 9.69 Å². The molecule has 0 aromatic heterocycles. The van der Waals surface area contributed by atoms with E-state index in [1.54, 1.807) is 4.90 Å². The van der Waals surface area contributed by atoms with Crippen molar-refractivity contribution < 1.29 is 25.2 Å². The van der Waals surface area contributed by atoms with Crippen molar-refractivity contribution in [2.75, 3.05) is 19.6 Å². The topological polar surface area (TPSA) is 47.3 Å². The minimum absolute atomic E-state index is 0. The van der Waals surface area contributed by atoms with Crippen molar-refractivity contribution in [1.82, 2.24) is 9.80 Å². The Morgan fingerprint density at radius 3 is 2.72 bits per heavy atom. The Kier molecular flexibility index (Phi) is 7.95. The fourth-order valence-corrected chi connectivity index (χ4v) is 2.12. The second-order valence-electron chi connectivity index (χ2n) is 4.54. The van der Waals surface area contributed by atoms with Gasteiger partial charge in [0.05, 0.1) is 18.5 Å². The van der Waals surface area contributed by atoms with Gasteiger partial charge in [-0.1, -0.05) is 0 Å². The van der Waals surface area contributed by atoms with Crippen LogP contribution in [0.15, 0.2) is 12.2 Å². The van der Waals surface area contributed by atoms with E-state index in [0.717, 1.165) is 13.1 Å². The molecule has 0 bridgehead atoms. The van der Waals surface area contributed by atoms with Crippen molar-refractivity contribution in [2.45, 2.75) is 32.4 Å². The van der Waals surface area contributed by atoms with Crippen LogP contribution < -0.4 is 0 Å². The van der Waals surface area contributed by atoms with Crippen LogP contribution in [0.25, 0.3) is 0 Å². The van der Waals surface area contributed by atoms with Crippen LogP contribution in [-0.2, 0) is 25.2 Å². The number of nitriles is 1. The summed E-state index contributed by atoms with van der Waals surface area (Å²) in [5.74, 6) is -0.0383. The fraction of sp³-hybridized carbons (Fsp3) is 0.615. The van der Waals surface area contributed by atoms with Gasteiger partial charge in [0.25, 0.3) is 0 Å². The van der Waals surface area contributed by atoms with Crippen molar-refractivity contribution in [3.8, 4) is 6.07 Å². The van der Waals surface area contributed by atoms with Crippen molar-refractivity contribution in [1.29, 1.82) is 5.26 Å². The zero-order valence-electron chi connectivity index (χ0n) is 11.0. The molecule has 1 aliphatic rings. The SMILES string of the molecule is [CH2-]/C=C/C(=O)N1CCN(C(C)C)C[C@@H]1CC#N.[Re]. The summed E-state index contributed by atoms with van der Waals surface area (Å²) in [5, 5.41) is 8.84. The molecule has 1 radical (unpaired) electrons. The summed E-state index contributed by atoms with van der Waals surface area (Å²) in [7, 11) is 0. The van der Waals surface area contributed by atoms with E-state index < -0.39 is 0 Å². The maximum atomic E-state index is 11.8. The zero-order valence-corrected chi connectivity index (χ0v) is 13.7. The van der Waals surface area contributed by atoms with E-state index in [-0.39, 0.29) is 32.4 Å². The zero-order chi connectivity index (χ0) is 12.8. The summed E-state index contributed by atoms with van der Waals surface area (Å²) in [4.78, 5) is 15.9. The normalized spacial score (nSPS) is 20.8. The molecule has 18 heavy (non-hydrogen) atoms. The summed E-state index contributed by atoms with van der Waals surface area (Å²) in [5.41, 5.74) is 0. The molecule has 1 aliphatic heterocycles. The van der Waals surface area contributed by atoms with E-state index >= 15 is 0 Å². The van der Waals surface area contributed by atoms with Crippen molar-refractivity contribution in [2.24, 2.45) is 0 Å². The first-order valence-corrected chi connectivity index (χ1v) is 5.97. The van der Waals surface area contributed by atoms with Crippen molar-refractivity contribution >= 4 is 5.91 Å². The summed E-state index contributed by atoms with van der Waals surface area (Å²) in [6.07, 6.45) is 3.36. The van der Waals surface area contributed by atoms with Crippen LogP contribution in [0.1, 0.15) is 20.3 Å². The number of allylic oxidation sites excluding steroid dienone is 1. The molecule has 0 aromatic rings. The molecule has 1 heterocycles. The Bertz CT molecular complexity index is 336. The summed E-state index contributed by atoms with van der Waals surface area (Å²) in [6, 6.07) is 2.62. The molecule has 5 heteroatoms. The number of piperazine rings is 1. The predicted molar refractivity (Wildman–Crippen MR) is 66.9 cm³/mol. The number of hydrogen-bond donors (Lipinski definition) is 0. The quantitative estimate of drug-likeness (QED) is 0.509. The third-order valence-corrected chi connectivity index (χ3v) is 3.11. The van der Waals surface area contributed by atoms with Crippen molar-refractivity contribution in [3.05, 3.63) is 19.1 Å². The maximum Gasteiger partial charge on any atom is 0.165 e. The molecule has 0 saturated carbocycles. The third kappa shape index (κ3) is 4.46. The smallest absolute Gasteiger partial charge is 0.165 e. The molecular formula is C13H20N3ORe-. The standard InChI is InChI=1S/C13H20N3O.Re/c1-4-5-13(17)16-9-8-15(11(2)3)10-12(16)6-7-14;/h4-5,11-12H,1,6,8-10H2,2-3H3;/q-1;/b5-4+;/t12-;/m0./s1. The van der Waals surface area contributed by atoms with Gasteiger partial charge in [-0.25, -0.2) is 13.0 Å². The van der Waals surface area contributed by atoms with E-state index in [1.165, 1.54) is 12.2 Å². The Balaban J connectivity index is 0.00000289. The second-order valence-corrected chi connectivity index (χ2v) is 4.54. The molecule has 1 saturated heterocycles. The monoisotopic (exact) mass is 421 g/mol. The number of amides is 1. The fourth-order valence-electron chi connectivity index (χ4n) is 2.12. The maximum absolute atomic E-state index is 11.8. The number of hydrogen-bond acceptors (Lipinski definition) is 3. The minimum atomic E-state index is -0.0383. The molecule has 1 atom stereocenters. The van der Waals surface area contributed by atoms with Gasteiger partial charge in [0.2, 0.25) is 0 Å². The van der Waals surface area contributed by atoms with E-state index in [0.29, 0.717) is 19.0 Å². The molecule has 1 amide bonds. The van der Waals surface area contributed by atoms with Gasteiger partial charge in [-0.15, -0.1) is 6.08 Å². The molecule has 1 rings (SSSR count). The summed E-state index contributed by atoms with van der Waals surface area (Å²) in [6.45, 7) is 10.1. The van der Waals surface area contributed by atoms with Gasteiger partial charge in [0, 0.05) is 46.1 Å². The van der Waals surface area contributed by atoms with E-state index in [1.807, 2.05) is 0 Å². The van der Waals surface area contributed by atoms with Gasteiger partial charge in [-0.2, -0.15) is 5.26 Å². The molecule has 0 aromatic carbocycles. The Hall–Kier alpha value is -0.808. The average molecular weight is 421 g/mol. The van der Waals surface area contributed by atoms with Crippen LogP contribution in [0.5, 0.6) is 0 Å². The second kappa shape index (κ2) is 8.32. The molecule has 0 unspecified atom stereocenters. The van der Waals surface area contributed by atoms with Crippen LogP contribution in [0.4, 0.5) is 0 Å². The van der Waals surface area contributed by atoms with Crippen molar-refractivity contribution in [3.63, 3.8) is 0 Å². The first-order chi connectivity index (χ1) is 8.10. The van der Waals surface area contributed by atoms with Gasteiger partial charge >= 0.3 is 0 Å². The van der Waals surface area contributed by atoms with Crippen LogP contribution >= 0.6 is 0 Å². The van der Waals surface area contributed by atoms with Crippen LogP contribution in [0, 0.1) is 18.3 Å². The summed E-state index contributed by atoms with van der Waals surface area (Å²) < 4.78 is 0. The van der Waals surface area contributed by atoms with Gasteiger partial charge in [0.1, 0.15) is 0 Å².